The molecule has 0 aliphatic carbocycles. The minimum atomic E-state index is -0.201. The van der Waals surface area contributed by atoms with E-state index in [9.17, 15) is 4.39 Å². The molecule has 2 aromatic rings. The van der Waals surface area contributed by atoms with Gasteiger partial charge in [0, 0.05) is 26.8 Å². The van der Waals surface area contributed by atoms with Crippen LogP contribution in [0.15, 0.2) is 23.2 Å². The van der Waals surface area contributed by atoms with Crippen LogP contribution in [0.1, 0.15) is 36.1 Å². The van der Waals surface area contributed by atoms with E-state index in [2.05, 4.69) is 25.8 Å². The van der Waals surface area contributed by atoms with Gasteiger partial charge in [0.2, 0.25) is 0 Å². The molecule has 1 aromatic heterocycles. The van der Waals surface area contributed by atoms with Crippen molar-refractivity contribution in [1.82, 2.24) is 25.4 Å². The maximum absolute atomic E-state index is 13.4. The number of aryl methyl sites for hydroxylation is 2. The highest BCUT2D eigenvalue weighted by Crippen LogP contribution is 2.10. The van der Waals surface area contributed by atoms with Crippen molar-refractivity contribution in [2.45, 2.75) is 40.3 Å². The van der Waals surface area contributed by atoms with Gasteiger partial charge < -0.3 is 19.9 Å². The van der Waals surface area contributed by atoms with Crippen LogP contribution in [0.4, 0.5) is 4.39 Å². The van der Waals surface area contributed by atoms with Crippen molar-refractivity contribution in [2.24, 2.45) is 12.0 Å². The predicted molar refractivity (Wildman–Crippen MR) is 104 cm³/mol. The molecule has 0 spiro atoms. The van der Waals surface area contributed by atoms with Crippen molar-refractivity contribution >= 4 is 5.96 Å². The lowest BCUT2D eigenvalue weighted by atomic mass is 10.1. The van der Waals surface area contributed by atoms with Gasteiger partial charge in [0.05, 0.1) is 13.1 Å². The number of ether oxygens (including phenoxy) is 1. The summed E-state index contributed by atoms with van der Waals surface area (Å²) >= 11 is 0. The molecule has 7 nitrogen and oxygen atoms in total. The normalized spacial score (nSPS) is 11.7. The summed E-state index contributed by atoms with van der Waals surface area (Å²) in [4.78, 5) is 4.61. The summed E-state index contributed by atoms with van der Waals surface area (Å²) in [5.74, 6) is 2.16. The van der Waals surface area contributed by atoms with Crippen LogP contribution in [-0.4, -0.2) is 40.5 Å². The van der Waals surface area contributed by atoms with Crippen molar-refractivity contribution in [3.05, 3.63) is 46.8 Å². The molecule has 2 N–H and O–H groups in total. The monoisotopic (exact) mass is 376 g/mol. The van der Waals surface area contributed by atoms with Crippen LogP contribution in [0.2, 0.25) is 0 Å². The highest BCUT2D eigenvalue weighted by atomic mass is 19.1. The summed E-state index contributed by atoms with van der Waals surface area (Å²) in [6, 6.07) is 5.05. The maximum Gasteiger partial charge on any atom is 0.191 e. The van der Waals surface area contributed by atoms with Gasteiger partial charge in [-0.2, -0.15) is 0 Å². The van der Waals surface area contributed by atoms with E-state index < -0.39 is 0 Å². The molecule has 2 rings (SSSR count). The summed E-state index contributed by atoms with van der Waals surface area (Å²) < 4.78 is 20.7. The van der Waals surface area contributed by atoms with Gasteiger partial charge in [-0.25, -0.2) is 9.38 Å². The molecule has 0 radical (unpaired) electrons. The number of guanidine groups is 1. The minimum absolute atomic E-state index is 0.201. The van der Waals surface area contributed by atoms with Crippen LogP contribution in [0, 0.1) is 19.7 Å². The van der Waals surface area contributed by atoms with Crippen molar-refractivity contribution in [2.75, 3.05) is 19.8 Å². The first kappa shape index (κ1) is 20.8. The summed E-state index contributed by atoms with van der Waals surface area (Å²) in [5, 5.41) is 14.8. The minimum Gasteiger partial charge on any atom is -0.382 e. The van der Waals surface area contributed by atoms with Crippen LogP contribution in [-0.2, 0) is 24.9 Å². The molecule has 0 atom stereocenters. The predicted octanol–water partition coefficient (Wildman–Crippen LogP) is 2.23. The second kappa shape index (κ2) is 10.6. The average molecular weight is 376 g/mol. The summed E-state index contributed by atoms with van der Waals surface area (Å²) in [5.41, 5.74) is 1.58. The first-order valence-corrected chi connectivity index (χ1v) is 9.21. The van der Waals surface area contributed by atoms with E-state index in [0.717, 1.165) is 30.2 Å². The van der Waals surface area contributed by atoms with Crippen molar-refractivity contribution in [1.29, 1.82) is 0 Å². The summed E-state index contributed by atoms with van der Waals surface area (Å²) in [6.45, 7) is 8.78. The number of nitrogens with one attached hydrogen (secondary N) is 2. The van der Waals surface area contributed by atoms with Crippen molar-refractivity contribution in [3.63, 3.8) is 0 Å². The molecule has 0 saturated carbocycles. The number of aliphatic imine (C=N–C) groups is 1. The number of hydrogen-bond acceptors (Lipinski definition) is 4. The van der Waals surface area contributed by atoms with Gasteiger partial charge in [0.15, 0.2) is 11.8 Å². The second-order valence-electron chi connectivity index (χ2n) is 6.30. The molecule has 27 heavy (non-hydrogen) atoms. The maximum atomic E-state index is 13.4. The highest BCUT2D eigenvalue weighted by Gasteiger charge is 2.06. The Hall–Kier alpha value is -2.48. The lowest BCUT2D eigenvalue weighted by molar-refractivity contribution is 0.145. The van der Waals surface area contributed by atoms with E-state index in [1.807, 2.05) is 31.5 Å². The zero-order chi connectivity index (χ0) is 19.6. The Labute approximate surface area is 160 Å². The third-order valence-corrected chi connectivity index (χ3v) is 4.20. The molecule has 0 unspecified atom stereocenters. The molecule has 0 aliphatic heterocycles. The first-order valence-electron chi connectivity index (χ1n) is 9.21. The van der Waals surface area contributed by atoms with Gasteiger partial charge in [-0.3, -0.25) is 0 Å². The van der Waals surface area contributed by atoms with Gasteiger partial charge >= 0.3 is 0 Å². The fourth-order valence-electron chi connectivity index (χ4n) is 2.44. The van der Waals surface area contributed by atoms with Gasteiger partial charge in [0.25, 0.3) is 0 Å². The summed E-state index contributed by atoms with van der Waals surface area (Å²) in [7, 11) is 1.93. The fraction of sp³-hybridized carbons (Fsp3) is 0.526. The molecular formula is C19H29FN6O. The number of benzene rings is 1. The van der Waals surface area contributed by atoms with Gasteiger partial charge in [0.1, 0.15) is 11.6 Å². The second-order valence-corrected chi connectivity index (χ2v) is 6.30. The zero-order valence-corrected chi connectivity index (χ0v) is 16.5. The molecule has 1 heterocycles. The van der Waals surface area contributed by atoms with Crippen molar-refractivity contribution in [3.8, 4) is 0 Å². The van der Waals surface area contributed by atoms with Crippen LogP contribution >= 0.6 is 0 Å². The van der Waals surface area contributed by atoms with Gasteiger partial charge in [-0.1, -0.05) is 12.1 Å². The highest BCUT2D eigenvalue weighted by molar-refractivity contribution is 5.79. The number of aromatic nitrogens is 3. The number of hydrogen-bond donors (Lipinski definition) is 2. The fourth-order valence-corrected chi connectivity index (χ4v) is 2.44. The van der Waals surface area contributed by atoms with Crippen LogP contribution in [0.5, 0.6) is 0 Å². The molecule has 0 fully saturated rings. The summed E-state index contributed by atoms with van der Waals surface area (Å²) in [6.07, 6.45) is 0.882. The molecule has 0 saturated heterocycles. The largest absolute Gasteiger partial charge is 0.382 e. The molecular weight excluding hydrogens is 347 g/mol. The van der Waals surface area contributed by atoms with Crippen LogP contribution < -0.4 is 10.6 Å². The first-order chi connectivity index (χ1) is 13.0. The van der Waals surface area contributed by atoms with Crippen molar-refractivity contribution < 1.29 is 9.13 Å². The van der Waals surface area contributed by atoms with Gasteiger partial charge in [-0.05, 0) is 44.4 Å². The Bertz CT molecular complexity index is 759. The molecule has 0 bridgehead atoms. The Morgan fingerprint density at radius 1 is 1.26 bits per heavy atom. The van der Waals surface area contributed by atoms with E-state index in [-0.39, 0.29) is 5.82 Å². The molecule has 1 aromatic carbocycles. The Morgan fingerprint density at radius 2 is 2.07 bits per heavy atom. The lowest BCUT2D eigenvalue weighted by Crippen LogP contribution is -2.38. The number of nitrogens with zero attached hydrogens (tertiary/aromatic N) is 4. The Morgan fingerprint density at radius 3 is 2.74 bits per heavy atom. The van der Waals surface area contributed by atoms with E-state index in [0.29, 0.717) is 37.8 Å². The molecule has 8 heteroatoms. The van der Waals surface area contributed by atoms with Crippen LogP contribution in [0.3, 0.4) is 0 Å². The third-order valence-electron chi connectivity index (χ3n) is 4.20. The number of rotatable bonds is 9. The van der Waals surface area contributed by atoms with Gasteiger partial charge in [-0.15, -0.1) is 10.2 Å². The molecule has 0 amide bonds. The van der Waals surface area contributed by atoms with E-state index >= 15 is 0 Å². The Kier molecular flexibility index (Phi) is 8.19. The average Bonchev–Trinajstić information content (AvgIpc) is 2.98. The lowest BCUT2D eigenvalue weighted by Gasteiger charge is -2.13. The SMILES string of the molecule is CCOCCCNC(=NCc1ccc(F)c(C)c1)NCc1nnc(C)n1C. The quantitative estimate of drug-likeness (QED) is 0.399. The molecule has 0 aliphatic rings. The molecule has 148 valence electrons. The van der Waals surface area contributed by atoms with E-state index in [1.54, 1.807) is 13.0 Å². The zero-order valence-electron chi connectivity index (χ0n) is 16.5. The standard InChI is InChI=1S/C19H29FN6O/c1-5-27-10-6-9-21-19(23-13-18-25-24-15(3)26(18)4)22-12-16-7-8-17(20)14(2)11-16/h7-8,11H,5-6,9-10,12-13H2,1-4H3,(H2,21,22,23). The van der Waals surface area contributed by atoms with E-state index in [1.165, 1.54) is 6.07 Å². The van der Waals surface area contributed by atoms with E-state index in [4.69, 9.17) is 4.74 Å². The third kappa shape index (κ3) is 6.63. The van der Waals surface area contributed by atoms with Crippen LogP contribution in [0.25, 0.3) is 0 Å². The smallest absolute Gasteiger partial charge is 0.191 e. The Balaban J connectivity index is 1.98. The topological polar surface area (TPSA) is 76.4 Å². The number of halogens is 1.